The number of carboxylic acid groups (broad SMARTS) is 1. The first-order valence-electron chi connectivity index (χ1n) is 5.95. The fourth-order valence-electron chi connectivity index (χ4n) is 1.92. The molecule has 104 valence electrons. The van der Waals surface area contributed by atoms with Gasteiger partial charge in [0, 0.05) is 10.9 Å². The number of thiophene rings is 1. The van der Waals surface area contributed by atoms with Gasteiger partial charge in [-0.1, -0.05) is 12.2 Å². The molecule has 0 saturated carbocycles. The summed E-state index contributed by atoms with van der Waals surface area (Å²) >= 11 is 1.01. The molecule has 1 aromatic heterocycles. The number of nitrogens with one attached hydrogen (secondary N) is 1. The summed E-state index contributed by atoms with van der Waals surface area (Å²) in [6.45, 7) is 0. The average molecular weight is 301 g/mol. The van der Waals surface area contributed by atoms with Crippen molar-refractivity contribution in [2.24, 2.45) is 0 Å². The maximum Gasteiger partial charge on any atom is 0.308 e. The zero-order valence-electron chi connectivity index (χ0n) is 10.2. The molecule has 1 aromatic rings. The molecule has 2 N–H and O–H groups in total. The number of aliphatic carboxylic acids is 1. The lowest BCUT2D eigenvalue weighted by molar-refractivity contribution is -0.136. The van der Waals surface area contributed by atoms with Crippen LogP contribution in [0, 0.1) is 0 Å². The lowest BCUT2D eigenvalue weighted by Crippen LogP contribution is -2.34. The van der Waals surface area contributed by atoms with Gasteiger partial charge in [0.15, 0.2) is 0 Å². The Morgan fingerprint density at radius 3 is 2.84 bits per heavy atom. The van der Waals surface area contributed by atoms with Crippen LogP contribution in [-0.2, 0) is 21.2 Å². The average Bonchev–Trinajstić information content (AvgIpc) is 2.78. The van der Waals surface area contributed by atoms with E-state index in [1.807, 2.05) is 12.2 Å². The summed E-state index contributed by atoms with van der Waals surface area (Å²) in [5.41, 5.74) is 0. The van der Waals surface area contributed by atoms with Gasteiger partial charge in [-0.15, -0.1) is 11.3 Å². The summed E-state index contributed by atoms with van der Waals surface area (Å²) in [4.78, 5) is 11.1. The Balaban J connectivity index is 2.08. The molecule has 1 aliphatic carbocycles. The quantitative estimate of drug-likeness (QED) is 0.812. The molecule has 1 unspecified atom stereocenters. The van der Waals surface area contributed by atoms with E-state index in [1.54, 1.807) is 6.07 Å². The van der Waals surface area contributed by atoms with E-state index in [-0.39, 0.29) is 16.7 Å². The van der Waals surface area contributed by atoms with E-state index in [0.29, 0.717) is 11.3 Å². The van der Waals surface area contributed by atoms with E-state index in [2.05, 4.69) is 4.72 Å². The van der Waals surface area contributed by atoms with E-state index < -0.39 is 16.0 Å². The number of rotatable bonds is 5. The Labute approximate surface area is 116 Å². The molecular formula is C12H15NO4S2. The fraction of sp³-hybridized carbons (Fsp3) is 0.417. The highest BCUT2D eigenvalue weighted by Crippen LogP contribution is 2.23. The first-order chi connectivity index (χ1) is 8.97. The third-order valence-corrected chi connectivity index (χ3v) is 5.92. The van der Waals surface area contributed by atoms with Crippen LogP contribution in [0.15, 0.2) is 28.5 Å². The summed E-state index contributed by atoms with van der Waals surface area (Å²) < 4.78 is 27.1. The van der Waals surface area contributed by atoms with Gasteiger partial charge >= 0.3 is 5.97 Å². The number of carboxylic acids is 1. The van der Waals surface area contributed by atoms with Crippen molar-refractivity contribution >= 4 is 27.3 Å². The largest absolute Gasteiger partial charge is 0.481 e. The smallest absolute Gasteiger partial charge is 0.308 e. The van der Waals surface area contributed by atoms with E-state index in [4.69, 9.17) is 5.11 Å². The monoisotopic (exact) mass is 301 g/mol. The zero-order valence-corrected chi connectivity index (χ0v) is 11.8. The zero-order chi connectivity index (χ0) is 13.9. The van der Waals surface area contributed by atoms with E-state index in [9.17, 15) is 13.2 Å². The van der Waals surface area contributed by atoms with E-state index in [1.165, 1.54) is 6.07 Å². The van der Waals surface area contributed by atoms with Crippen LogP contribution in [0.2, 0.25) is 0 Å². The highest BCUT2D eigenvalue weighted by Gasteiger charge is 2.22. The Kier molecular flexibility index (Phi) is 4.38. The van der Waals surface area contributed by atoms with Gasteiger partial charge in [0.1, 0.15) is 4.21 Å². The second-order valence-corrected chi connectivity index (χ2v) is 7.50. The SMILES string of the molecule is O=C(O)Cc1ccc(S(=O)(=O)NC2CC=CCC2)s1. The summed E-state index contributed by atoms with van der Waals surface area (Å²) in [6.07, 6.45) is 6.24. The van der Waals surface area contributed by atoms with Crippen LogP contribution in [0.4, 0.5) is 0 Å². The van der Waals surface area contributed by atoms with E-state index >= 15 is 0 Å². The number of sulfonamides is 1. The van der Waals surface area contributed by atoms with Crippen LogP contribution in [0.5, 0.6) is 0 Å². The van der Waals surface area contributed by atoms with Gasteiger partial charge in [-0.25, -0.2) is 13.1 Å². The van der Waals surface area contributed by atoms with Crippen LogP contribution in [0.25, 0.3) is 0 Å². The maximum atomic E-state index is 12.1. The molecule has 1 heterocycles. The Morgan fingerprint density at radius 1 is 1.42 bits per heavy atom. The summed E-state index contributed by atoms with van der Waals surface area (Å²) in [5.74, 6) is -0.962. The van der Waals surface area contributed by atoms with Gasteiger partial charge in [0.2, 0.25) is 10.0 Å². The fourth-order valence-corrected chi connectivity index (χ4v) is 4.57. The first-order valence-corrected chi connectivity index (χ1v) is 8.25. The standard InChI is InChI=1S/C12H15NO4S2/c14-11(15)8-10-6-7-12(18-10)19(16,17)13-9-4-2-1-3-5-9/h1-2,6-7,9,13H,3-5,8H2,(H,14,15). The molecule has 2 rings (SSSR count). The molecule has 7 heteroatoms. The van der Waals surface area contributed by atoms with Gasteiger partial charge in [0.05, 0.1) is 6.42 Å². The number of hydrogen-bond donors (Lipinski definition) is 2. The van der Waals surface area contributed by atoms with Crippen molar-refractivity contribution < 1.29 is 18.3 Å². The molecule has 19 heavy (non-hydrogen) atoms. The highest BCUT2D eigenvalue weighted by molar-refractivity contribution is 7.91. The van der Waals surface area contributed by atoms with Gasteiger partial charge in [0.25, 0.3) is 0 Å². The number of hydrogen-bond acceptors (Lipinski definition) is 4. The Bertz CT molecular complexity index is 589. The van der Waals surface area contributed by atoms with Crippen molar-refractivity contribution in [1.29, 1.82) is 0 Å². The molecule has 5 nitrogen and oxygen atoms in total. The third kappa shape index (κ3) is 3.89. The van der Waals surface area contributed by atoms with Crippen LogP contribution in [0.3, 0.4) is 0 Å². The maximum absolute atomic E-state index is 12.1. The molecule has 0 fully saturated rings. The molecule has 0 spiro atoms. The Hall–Kier alpha value is -1.18. The molecule has 0 radical (unpaired) electrons. The third-order valence-electron chi connectivity index (χ3n) is 2.82. The Morgan fingerprint density at radius 2 is 2.21 bits per heavy atom. The molecule has 0 aromatic carbocycles. The summed E-state index contributed by atoms with van der Waals surface area (Å²) in [6, 6.07) is 2.94. The molecule has 1 atom stereocenters. The van der Waals surface area contributed by atoms with Crippen molar-refractivity contribution in [1.82, 2.24) is 4.72 Å². The summed E-state index contributed by atoms with van der Waals surface area (Å²) in [5, 5.41) is 8.67. The molecule has 1 aliphatic rings. The van der Waals surface area contributed by atoms with Crippen molar-refractivity contribution in [2.75, 3.05) is 0 Å². The highest BCUT2D eigenvalue weighted by atomic mass is 32.2. The number of allylic oxidation sites excluding steroid dienone is 1. The second kappa shape index (κ2) is 5.85. The molecule has 0 saturated heterocycles. The lowest BCUT2D eigenvalue weighted by Gasteiger charge is -2.18. The molecule has 0 amide bonds. The minimum atomic E-state index is -3.53. The van der Waals surface area contributed by atoms with E-state index in [0.717, 1.165) is 24.2 Å². The minimum Gasteiger partial charge on any atom is -0.481 e. The summed E-state index contributed by atoms with van der Waals surface area (Å²) in [7, 11) is -3.53. The van der Waals surface area contributed by atoms with Gasteiger partial charge < -0.3 is 5.11 Å². The topological polar surface area (TPSA) is 83.5 Å². The first kappa shape index (κ1) is 14.2. The predicted octanol–water partition coefficient (Wildman–Crippen LogP) is 1.76. The van der Waals surface area contributed by atoms with Gasteiger partial charge in [-0.3, -0.25) is 4.79 Å². The number of carbonyl (C=O) groups is 1. The van der Waals surface area contributed by atoms with Crippen LogP contribution < -0.4 is 4.72 Å². The van der Waals surface area contributed by atoms with Crippen molar-refractivity contribution in [3.8, 4) is 0 Å². The van der Waals surface area contributed by atoms with Crippen LogP contribution in [0.1, 0.15) is 24.1 Å². The molecular weight excluding hydrogens is 286 g/mol. The minimum absolute atomic E-state index is 0.0694. The van der Waals surface area contributed by atoms with Gasteiger partial charge in [-0.2, -0.15) is 0 Å². The lowest BCUT2D eigenvalue weighted by atomic mass is 10.0. The van der Waals surface area contributed by atoms with Crippen LogP contribution in [-0.4, -0.2) is 25.5 Å². The van der Waals surface area contributed by atoms with Gasteiger partial charge in [-0.05, 0) is 31.4 Å². The second-order valence-electron chi connectivity index (χ2n) is 4.39. The van der Waals surface area contributed by atoms with Crippen molar-refractivity contribution in [2.45, 2.75) is 35.9 Å². The molecule has 0 aliphatic heterocycles. The van der Waals surface area contributed by atoms with Crippen molar-refractivity contribution in [3.63, 3.8) is 0 Å². The normalized spacial score (nSPS) is 19.5. The predicted molar refractivity (Wildman–Crippen MR) is 72.8 cm³/mol. The van der Waals surface area contributed by atoms with Crippen LogP contribution >= 0.6 is 11.3 Å². The molecule has 0 bridgehead atoms. The van der Waals surface area contributed by atoms with Crippen molar-refractivity contribution in [3.05, 3.63) is 29.2 Å².